The third-order valence-corrected chi connectivity index (χ3v) is 3.01. The number of nitrogens with two attached hydrogens (primary N) is 1. The molecule has 0 aromatic heterocycles. The number of halogens is 3. The number of hydrogen-bond donors (Lipinski definition) is 2. The molecule has 1 unspecified atom stereocenters. The van der Waals surface area contributed by atoms with Gasteiger partial charge in [-0.15, -0.1) is 0 Å². The molecule has 0 bridgehead atoms. The number of rotatable bonds is 6. The van der Waals surface area contributed by atoms with Crippen LogP contribution in [0.15, 0.2) is 18.2 Å². The lowest BCUT2D eigenvalue weighted by Gasteiger charge is -2.17. The SMILES string of the molecule is CC(C)Oc1ccc(CNC(=O)C(C)CN)c(C(F)(F)F)c1. The summed E-state index contributed by atoms with van der Waals surface area (Å²) in [7, 11) is 0. The second-order valence-corrected chi connectivity index (χ2v) is 5.34. The van der Waals surface area contributed by atoms with Crippen LogP contribution in [0.4, 0.5) is 13.2 Å². The van der Waals surface area contributed by atoms with Crippen LogP contribution >= 0.6 is 0 Å². The van der Waals surface area contributed by atoms with Crippen LogP contribution < -0.4 is 15.8 Å². The lowest BCUT2D eigenvalue weighted by Crippen LogP contribution is -2.33. The highest BCUT2D eigenvalue weighted by Gasteiger charge is 2.34. The van der Waals surface area contributed by atoms with Crippen molar-refractivity contribution in [2.24, 2.45) is 11.7 Å². The highest BCUT2D eigenvalue weighted by Crippen LogP contribution is 2.34. The summed E-state index contributed by atoms with van der Waals surface area (Å²) in [5, 5.41) is 2.46. The first kappa shape index (κ1) is 18.3. The predicted octanol–water partition coefficient (Wildman–Crippen LogP) is 2.70. The van der Waals surface area contributed by atoms with Crippen LogP contribution in [0.5, 0.6) is 5.75 Å². The maximum atomic E-state index is 13.1. The van der Waals surface area contributed by atoms with Gasteiger partial charge in [0.05, 0.1) is 11.7 Å². The first-order valence-electron chi connectivity index (χ1n) is 6.99. The Morgan fingerprint density at radius 1 is 1.32 bits per heavy atom. The zero-order chi connectivity index (χ0) is 16.9. The third kappa shape index (κ3) is 5.22. The maximum absolute atomic E-state index is 13.1. The molecular formula is C15H21F3N2O2. The molecule has 0 aliphatic rings. The monoisotopic (exact) mass is 318 g/mol. The molecule has 1 aromatic carbocycles. The van der Waals surface area contributed by atoms with Gasteiger partial charge in [-0.2, -0.15) is 13.2 Å². The van der Waals surface area contributed by atoms with E-state index in [-0.39, 0.29) is 36.4 Å². The van der Waals surface area contributed by atoms with Crippen molar-refractivity contribution in [3.63, 3.8) is 0 Å². The number of carbonyl (C=O) groups excluding carboxylic acids is 1. The Hall–Kier alpha value is -1.76. The Labute approximate surface area is 127 Å². The van der Waals surface area contributed by atoms with E-state index in [1.54, 1.807) is 20.8 Å². The largest absolute Gasteiger partial charge is 0.491 e. The molecule has 0 fully saturated rings. The van der Waals surface area contributed by atoms with Gasteiger partial charge in [-0.25, -0.2) is 0 Å². The molecule has 0 spiro atoms. The van der Waals surface area contributed by atoms with Gasteiger partial charge >= 0.3 is 6.18 Å². The van der Waals surface area contributed by atoms with Gasteiger partial charge in [0.25, 0.3) is 0 Å². The number of amides is 1. The fourth-order valence-electron chi connectivity index (χ4n) is 1.78. The molecule has 0 aliphatic carbocycles. The average Bonchev–Trinajstić information content (AvgIpc) is 2.42. The van der Waals surface area contributed by atoms with Crippen molar-refractivity contribution in [1.82, 2.24) is 5.32 Å². The highest BCUT2D eigenvalue weighted by molar-refractivity contribution is 5.78. The molecule has 0 heterocycles. The summed E-state index contributed by atoms with van der Waals surface area (Å²) in [6.07, 6.45) is -4.74. The molecule has 0 aliphatic heterocycles. The van der Waals surface area contributed by atoms with Crippen molar-refractivity contribution in [3.8, 4) is 5.75 Å². The normalized spacial score (nSPS) is 13.1. The van der Waals surface area contributed by atoms with Gasteiger partial charge in [-0.1, -0.05) is 13.0 Å². The first-order chi connectivity index (χ1) is 10.1. The molecule has 3 N–H and O–H groups in total. The Morgan fingerprint density at radius 2 is 1.95 bits per heavy atom. The average molecular weight is 318 g/mol. The molecule has 0 saturated heterocycles. The molecule has 0 radical (unpaired) electrons. The molecule has 1 rings (SSSR count). The summed E-state index contributed by atoms with van der Waals surface area (Å²) in [5.41, 5.74) is 4.52. The Morgan fingerprint density at radius 3 is 2.45 bits per heavy atom. The van der Waals surface area contributed by atoms with Gasteiger partial charge in [-0.05, 0) is 31.5 Å². The van der Waals surface area contributed by atoms with Crippen LogP contribution in [0.25, 0.3) is 0 Å². The van der Waals surface area contributed by atoms with Crippen molar-refractivity contribution >= 4 is 5.91 Å². The summed E-state index contributed by atoms with van der Waals surface area (Å²) < 4.78 is 44.7. The van der Waals surface area contributed by atoms with E-state index in [1.165, 1.54) is 12.1 Å². The quantitative estimate of drug-likeness (QED) is 0.847. The van der Waals surface area contributed by atoms with E-state index in [0.29, 0.717) is 0 Å². The third-order valence-electron chi connectivity index (χ3n) is 3.01. The Balaban J connectivity index is 2.96. The van der Waals surface area contributed by atoms with Crippen LogP contribution in [-0.2, 0) is 17.5 Å². The molecular weight excluding hydrogens is 297 g/mol. The Bertz CT molecular complexity index is 516. The summed E-state index contributed by atoms with van der Waals surface area (Å²) in [4.78, 5) is 11.6. The van der Waals surface area contributed by atoms with E-state index in [1.807, 2.05) is 0 Å². The predicted molar refractivity (Wildman–Crippen MR) is 77.3 cm³/mol. The van der Waals surface area contributed by atoms with Crippen LogP contribution in [0.3, 0.4) is 0 Å². The number of nitrogens with one attached hydrogen (secondary N) is 1. The van der Waals surface area contributed by atoms with Crippen molar-refractivity contribution in [3.05, 3.63) is 29.3 Å². The topological polar surface area (TPSA) is 64.3 Å². The van der Waals surface area contributed by atoms with Gasteiger partial charge in [0.2, 0.25) is 5.91 Å². The zero-order valence-corrected chi connectivity index (χ0v) is 12.8. The van der Waals surface area contributed by atoms with Gasteiger partial charge in [0.1, 0.15) is 5.75 Å². The second kappa shape index (κ2) is 7.49. The Kier molecular flexibility index (Phi) is 6.22. The van der Waals surface area contributed by atoms with Crippen LogP contribution in [0.2, 0.25) is 0 Å². The smallest absolute Gasteiger partial charge is 0.416 e. The molecule has 22 heavy (non-hydrogen) atoms. The number of carbonyl (C=O) groups is 1. The van der Waals surface area contributed by atoms with E-state index >= 15 is 0 Å². The van der Waals surface area contributed by atoms with Gasteiger partial charge in [0, 0.05) is 19.0 Å². The first-order valence-corrected chi connectivity index (χ1v) is 6.99. The minimum absolute atomic E-state index is 0.0128. The molecule has 1 aromatic rings. The van der Waals surface area contributed by atoms with E-state index in [0.717, 1.165) is 6.07 Å². The molecule has 124 valence electrons. The van der Waals surface area contributed by atoms with Crippen molar-refractivity contribution in [1.29, 1.82) is 0 Å². The fraction of sp³-hybridized carbons (Fsp3) is 0.533. The number of hydrogen-bond acceptors (Lipinski definition) is 3. The van der Waals surface area contributed by atoms with E-state index in [4.69, 9.17) is 10.5 Å². The van der Waals surface area contributed by atoms with Gasteiger partial charge in [-0.3, -0.25) is 4.79 Å². The molecule has 1 atom stereocenters. The van der Waals surface area contributed by atoms with E-state index < -0.39 is 17.7 Å². The maximum Gasteiger partial charge on any atom is 0.416 e. The molecule has 4 nitrogen and oxygen atoms in total. The summed E-state index contributed by atoms with van der Waals surface area (Å²) in [6, 6.07) is 3.73. The van der Waals surface area contributed by atoms with Crippen LogP contribution in [-0.4, -0.2) is 18.6 Å². The van der Waals surface area contributed by atoms with Crippen LogP contribution in [0.1, 0.15) is 31.9 Å². The minimum Gasteiger partial charge on any atom is -0.491 e. The molecule has 7 heteroatoms. The lowest BCUT2D eigenvalue weighted by atomic mass is 10.1. The van der Waals surface area contributed by atoms with E-state index in [9.17, 15) is 18.0 Å². The number of alkyl halides is 3. The molecule has 0 saturated carbocycles. The fourth-order valence-corrected chi connectivity index (χ4v) is 1.78. The lowest BCUT2D eigenvalue weighted by molar-refractivity contribution is -0.138. The van der Waals surface area contributed by atoms with Crippen molar-refractivity contribution in [2.45, 2.75) is 39.6 Å². The summed E-state index contributed by atoms with van der Waals surface area (Å²) in [5.74, 6) is -0.677. The van der Waals surface area contributed by atoms with Gasteiger partial charge in [0.15, 0.2) is 0 Å². The second-order valence-electron chi connectivity index (χ2n) is 5.34. The van der Waals surface area contributed by atoms with E-state index in [2.05, 4.69) is 5.32 Å². The number of ether oxygens (including phenoxy) is 1. The van der Waals surface area contributed by atoms with Gasteiger partial charge < -0.3 is 15.8 Å². The minimum atomic E-state index is -4.52. The standard InChI is InChI=1S/C15H21F3N2O2/c1-9(2)22-12-5-4-11(13(6-12)15(16,17)18)8-20-14(21)10(3)7-19/h4-6,9-10H,7-8,19H2,1-3H3,(H,20,21). The van der Waals surface area contributed by atoms with Crippen molar-refractivity contribution < 1.29 is 22.7 Å². The highest BCUT2D eigenvalue weighted by atomic mass is 19.4. The van der Waals surface area contributed by atoms with Crippen molar-refractivity contribution in [2.75, 3.05) is 6.54 Å². The summed E-state index contributed by atoms with van der Waals surface area (Å²) >= 11 is 0. The zero-order valence-electron chi connectivity index (χ0n) is 12.8. The summed E-state index contributed by atoms with van der Waals surface area (Å²) in [6.45, 7) is 5.00. The van der Waals surface area contributed by atoms with Crippen LogP contribution in [0, 0.1) is 5.92 Å². The number of benzene rings is 1. The molecule has 1 amide bonds.